The highest BCUT2D eigenvalue weighted by Gasteiger charge is 2.42. The number of rotatable bonds is 5. The van der Waals surface area contributed by atoms with Gasteiger partial charge in [-0.05, 0) is 51.0 Å². The molecule has 1 aliphatic heterocycles. The summed E-state index contributed by atoms with van der Waals surface area (Å²) in [6, 6.07) is 0.708. The lowest BCUT2D eigenvalue weighted by atomic mass is 9.84. The number of hydrogen-bond donors (Lipinski definition) is 1. The fourth-order valence-electron chi connectivity index (χ4n) is 4.06. The van der Waals surface area contributed by atoms with Crippen molar-refractivity contribution in [2.45, 2.75) is 64.7 Å². The minimum absolute atomic E-state index is 0.443. The van der Waals surface area contributed by atoms with E-state index in [1.165, 1.54) is 51.2 Å². The minimum atomic E-state index is 0.443. The summed E-state index contributed by atoms with van der Waals surface area (Å²) in [6.07, 6.45) is 4.02. The van der Waals surface area contributed by atoms with Crippen LogP contribution in [0.2, 0.25) is 0 Å². The van der Waals surface area contributed by atoms with Gasteiger partial charge in [0.05, 0.1) is 0 Å². The summed E-state index contributed by atoms with van der Waals surface area (Å²) in [5.41, 5.74) is 0.472. The van der Waals surface area contributed by atoms with E-state index >= 15 is 0 Å². The summed E-state index contributed by atoms with van der Waals surface area (Å²) in [4.78, 5) is 2.73. The van der Waals surface area contributed by atoms with Gasteiger partial charge in [0.1, 0.15) is 0 Å². The van der Waals surface area contributed by atoms with Crippen molar-refractivity contribution in [1.82, 2.24) is 10.2 Å². The lowest BCUT2D eigenvalue weighted by Crippen LogP contribution is -2.49. The molecule has 2 aliphatic rings. The van der Waals surface area contributed by atoms with Crippen molar-refractivity contribution in [3.63, 3.8) is 0 Å². The average Bonchev–Trinajstić information content (AvgIpc) is 2.61. The predicted octanol–water partition coefficient (Wildman–Crippen LogP) is 3.62. The third-order valence-corrected chi connectivity index (χ3v) is 6.38. The highest BCUT2D eigenvalue weighted by atomic mass is 32.2. The molecule has 0 amide bonds. The summed E-state index contributed by atoms with van der Waals surface area (Å²) in [5, 5.41) is 3.85. The van der Waals surface area contributed by atoms with Gasteiger partial charge in [0, 0.05) is 36.2 Å². The SMILES string of the molecule is CCCNC1C(CN2CCSC(C)(C)C2)CCC1(C)C. The van der Waals surface area contributed by atoms with Crippen molar-refractivity contribution >= 4 is 11.8 Å². The highest BCUT2D eigenvalue weighted by Crippen LogP contribution is 2.42. The van der Waals surface area contributed by atoms with Gasteiger partial charge in [-0.1, -0.05) is 20.8 Å². The fourth-order valence-corrected chi connectivity index (χ4v) is 5.23. The van der Waals surface area contributed by atoms with Crippen molar-refractivity contribution in [2.75, 3.05) is 31.9 Å². The molecular weight excluding hydrogens is 264 g/mol. The molecule has 2 unspecified atom stereocenters. The van der Waals surface area contributed by atoms with Crippen molar-refractivity contribution in [1.29, 1.82) is 0 Å². The number of hydrogen-bond acceptors (Lipinski definition) is 3. The Kier molecular flexibility index (Phi) is 5.47. The molecule has 3 heteroatoms. The summed E-state index contributed by atoms with van der Waals surface area (Å²) >= 11 is 2.14. The third-order valence-electron chi connectivity index (χ3n) is 5.08. The second kappa shape index (κ2) is 6.58. The second-order valence-corrected chi connectivity index (χ2v) is 9.86. The second-order valence-electron chi connectivity index (χ2n) is 8.06. The maximum atomic E-state index is 3.85. The first-order chi connectivity index (χ1) is 9.34. The van der Waals surface area contributed by atoms with Crippen LogP contribution in [0.15, 0.2) is 0 Å². The predicted molar refractivity (Wildman–Crippen MR) is 91.6 cm³/mol. The quantitative estimate of drug-likeness (QED) is 0.834. The molecule has 118 valence electrons. The number of nitrogens with one attached hydrogen (secondary N) is 1. The monoisotopic (exact) mass is 298 g/mol. The van der Waals surface area contributed by atoms with Gasteiger partial charge in [0.2, 0.25) is 0 Å². The normalized spacial score (nSPS) is 33.5. The summed E-state index contributed by atoms with van der Waals surface area (Å²) < 4.78 is 0.443. The zero-order chi connectivity index (χ0) is 14.8. The van der Waals surface area contributed by atoms with Crippen molar-refractivity contribution in [3.05, 3.63) is 0 Å². The van der Waals surface area contributed by atoms with Crippen LogP contribution in [-0.2, 0) is 0 Å². The fraction of sp³-hybridized carbons (Fsp3) is 1.00. The Labute approximate surface area is 130 Å². The van der Waals surface area contributed by atoms with E-state index in [0.717, 1.165) is 5.92 Å². The molecule has 20 heavy (non-hydrogen) atoms. The third kappa shape index (κ3) is 4.14. The molecule has 1 saturated heterocycles. The van der Waals surface area contributed by atoms with Gasteiger partial charge in [-0.25, -0.2) is 0 Å². The number of nitrogens with zero attached hydrogens (tertiary/aromatic N) is 1. The van der Waals surface area contributed by atoms with Crippen LogP contribution < -0.4 is 5.32 Å². The van der Waals surface area contributed by atoms with E-state index in [1.807, 2.05) is 0 Å². The van der Waals surface area contributed by atoms with Gasteiger partial charge in [0.25, 0.3) is 0 Å². The Hall–Kier alpha value is 0.270. The van der Waals surface area contributed by atoms with Crippen LogP contribution in [0.4, 0.5) is 0 Å². The Morgan fingerprint density at radius 2 is 2.00 bits per heavy atom. The van der Waals surface area contributed by atoms with Crippen LogP contribution in [0.3, 0.4) is 0 Å². The summed E-state index contributed by atoms with van der Waals surface area (Å²) in [5.74, 6) is 2.14. The topological polar surface area (TPSA) is 15.3 Å². The van der Waals surface area contributed by atoms with Gasteiger partial charge in [0.15, 0.2) is 0 Å². The standard InChI is InChI=1S/C17H34N2S/c1-6-9-18-15-14(7-8-16(15,2)3)12-19-10-11-20-17(4,5)13-19/h14-15,18H,6-13H2,1-5H3. The molecule has 0 bridgehead atoms. The maximum absolute atomic E-state index is 3.85. The van der Waals surface area contributed by atoms with Gasteiger partial charge >= 0.3 is 0 Å². The van der Waals surface area contributed by atoms with E-state index in [0.29, 0.717) is 16.2 Å². The Bertz CT molecular complexity index is 314. The van der Waals surface area contributed by atoms with E-state index in [9.17, 15) is 0 Å². The molecule has 0 radical (unpaired) electrons. The van der Waals surface area contributed by atoms with E-state index < -0.39 is 0 Å². The summed E-state index contributed by atoms with van der Waals surface area (Å²) in [7, 11) is 0. The lowest BCUT2D eigenvalue weighted by molar-refractivity contribution is 0.178. The zero-order valence-electron chi connectivity index (χ0n) is 14.2. The first kappa shape index (κ1) is 16.6. The van der Waals surface area contributed by atoms with Crippen molar-refractivity contribution in [2.24, 2.45) is 11.3 Å². The maximum Gasteiger partial charge on any atom is 0.0231 e. The molecule has 0 aromatic carbocycles. The van der Waals surface area contributed by atoms with Gasteiger partial charge in [-0.3, -0.25) is 0 Å². The van der Waals surface area contributed by atoms with Crippen LogP contribution in [0.5, 0.6) is 0 Å². The first-order valence-corrected chi connectivity index (χ1v) is 9.42. The molecule has 0 spiro atoms. The molecule has 2 atom stereocenters. The largest absolute Gasteiger partial charge is 0.313 e. The van der Waals surface area contributed by atoms with Crippen molar-refractivity contribution < 1.29 is 0 Å². The Balaban J connectivity index is 1.93. The van der Waals surface area contributed by atoms with Crippen molar-refractivity contribution in [3.8, 4) is 0 Å². The molecule has 0 aromatic heterocycles. The molecule has 2 nitrogen and oxygen atoms in total. The average molecular weight is 299 g/mol. The molecule has 2 rings (SSSR count). The minimum Gasteiger partial charge on any atom is -0.313 e. The molecular formula is C17H34N2S. The molecule has 1 heterocycles. The lowest BCUT2D eigenvalue weighted by Gasteiger charge is -2.40. The van der Waals surface area contributed by atoms with Gasteiger partial charge < -0.3 is 10.2 Å². The van der Waals surface area contributed by atoms with Gasteiger partial charge in [-0.15, -0.1) is 0 Å². The van der Waals surface area contributed by atoms with E-state index in [2.05, 4.69) is 56.6 Å². The molecule has 1 N–H and O–H groups in total. The molecule has 2 fully saturated rings. The first-order valence-electron chi connectivity index (χ1n) is 8.44. The summed E-state index contributed by atoms with van der Waals surface area (Å²) in [6.45, 7) is 17.0. The van der Waals surface area contributed by atoms with Crippen LogP contribution >= 0.6 is 11.8 Å². The molecule has 0 aromatic rings. The molecule has 1 aliphatic carbocycles. The molecule has 1 saturated carbocycles. The smallest absolute Gasteiger partial charge is 0.0231 e. The van der Waals surface area contributed by atoms with E-state index in [4.69, 9.17) is 0 Å². The van der Waals surface area contributed by atoms with Crippen LogP contribution in [0, 0.1) is 11.3 Å². The Morgan fingerprint density at radius 1 is 1.25 bits per heavy atom. The van der Waals surface area contributed by atoms with Crippen LogP contribution in [-0.4, -0.2) is 47.6 Å². The van der Waals surface area contributed by atoms with Crippen LogP contribution in [0.25, 0.3) is 0 Å². The van der Waals surface area contributed by atoms with E-state index in [1.54, 1.807) is 0 Å². The van der Waals surface area contributed by atoms with Gasteiger partial charge in [-0.2, -0.15) is 11.8 Å². The Morgan fingerprint density at radius 3 is 2.65 bits per heavy atom. The zero-order valence-corrected chi connectivity index (χ0v) is 15.0. The van der Waals surface area contributed by atoms with Crippen LogP contribution in [0.1, 0.15) is 53.9 Å². The highest BCUT2D eigenvalue weighted by molar-refractivity contribution is 8.00. The number of thioether (sulfide) groups is 1. The van der Waals surface area contributed by atoms with E-state index in [-0.39, 0.29) is 0 Å².